The molecular formula is C28H31NO5. The minimum absolute atomic E-state index is 0.193. The van der Waals surface area contributed by atoms with Crippen molar-refractivity contribution in [2.75, 3.05) is 34.4 Å². The molecule has 4 rings (SSSR count). The number of aliphatic carboxylic acids is 1. The zero-order valence-corrected chi connectivity index (χ0v) is 19.9. The summed E-state index contributed by atoms with van der Waals surface area (Å²) < 4.78 is 17.0. The molecule has 1 saturated heterocycles. The number of hydrogen-bond donors (Lipinski definition) is 1. The van der Waals surface area contributed by atoms with Crippen molar-refractivity contribution in [3.63, 3.8) is 0 Å². The average molecular weight is 462 g/mol. The zero-order valence-electron chi connectivity index (χ0n) is 19.9. The van der Waals surface area contributed by atoms with Gasteiger partial charge in [-0.15, -0.1) is 0 Å². The second-order valence-electron chi connectivity index (χ2n) is 8.49. The summed E-state index contributed by atoms with van der Waals surface area (Å²) in [7, 11) is 4.81. The lowest BCUT2D eigenvalue weighted by Crippen LogP contribution is -2.41. The molecule has 0 aliphatic carbocycles. The second-order valence-corrected chi connectivity index (χ2v) is 8.49. The highest BCUT2D eigenvalue weighted by Gasteiger charge is 2.34. The summed E-state index contributed by atoms with van der Waals surface area (Å²) >= 11 is 0. The lowest BCUT2D eigenvalue weighted by molar-refractivity contribution is -0.143. The predicted molar refractivity (Wildman–Crippen MR) is 132 cm³/mol. The fourth-order valence-corrected chi connectivity index (χ4v) is 4.86. The summed E-state index contributed by atoms with van der Waals surface area (Å²) in [5.74, 6) is 0.563. The summed E-state index contributed by atoms with van der Waals surface area (Å²) in [6.07, 6.45) is 1.51. The molecule has 0 radical (unpaired) electrons. The Balaban J connectivity index is 1.81. The Bertz CT molecular complexity index is 1110. The van der Waals surface area contributed by atoms with Gasteiger partial charge in [-0.05, 0) is 48.2 Å². The molecule has 1 N–H and O–H groups in total. The fourth-order valence-electron chi connectivity index (χ4n) is 4.86. The molecule has 0 bridgehead atoms. The van der Waals surface area contributed by atoms with Crippen molar-refractivity contribution in [1.82, 2.24) is 4.90 Å². The predicted octanol–water partition coefficient (Wildman–Crippen LogP) is 5.27. The molecule has 6 heteroatoms. The van der Waals surface area contributed by atoms with E-state index in [9.17, 15) is 9.90 Å². The minimum Gasteiger partial charge on any atom is -0.493 e. The molecule has 1 aliphatic heterocycles. The summed E-state index contributed by atoms with van der Waals surface area (Å²) in [6, 6.07) is 22.4. The number of carboxylic acid groups (broad SMARTS) is 1. The lowest BCUT2D eigenvalue weighted by Gasteiger charge is -2.38. The van der Waals surface area contributed by atoms with Gasteiger partial charge in [0.2, 0.25) is 5.75 Å². The smallest absolute Gasteiger partial charge is 0.307 e. The van der Waals surface area contributed by atoms with Crippen molar-refractivity contribution >= 4 is 5.97 Å². The molecule has 0 saturated carbocycles. The first-order chi connectivity index (χ1) is 16.6. The Hall–Kier alpha value is -3.51. The van der Waals surface area contributed by atoms with Gasteiger partial charge in [0.1, 0.15) is 0 Å². The van der Waals surface area contributed by atoms with Crippen LogP contribution in [0.25, 0.3) is 11.1 Å². The molecule has 2 unspecified atom stereocenters. The summed E-state index contributed by atoms with van der Waals surface area (Å²) in [5, 5.41) is 9.70. The van der Waals surface area contributed by atoms with Gasteiger partial charge in [-0.25, -0.2) is 0 Å². The topological polar surface area (TPSA) is 68.2 Å². The Morgan fingerprint density at radius 3 is 2.18 bits per heavy atom. The molecular weight excluding hydrogens is 430 g/mol. The molecule has 0 amide bonds. The molecule has 6 nitrogen and oxygen atoms in total. The quantitative estimate of drug-likeness (QED) is 0.493. The van der Waals surface area contributed by atoms with Crippen LogP contribution in [0.3, 0.4) is 0 Å². The van der Waals surface area contributed by atoms with Crippen molar-refractivity contribution in [3.05, 3.63) is 77.9 Å². The number of methoxy groups -OCH3 is 3. The van der Waals surface area contributed by atoms with Crippen molar-refractivity contribution in [3.8, 4) is 28.4 Å². The van der Waals surface area contributed by atoms with Crippen LogP contribution in [0.1, 0.15) is 30.0 Å². The molecule has 1 heterocycles. The molecule has 1 aliphatic rings. The van der Waals surface area contributed by atoms with Crippen LogP contribution in [-0.4, -0.2) is 50.4 Å². The third kappa shape index (κ3) is 4.73. The number of rotatable bonds is 8. The van der Waals surface area contributed by atoms with E-state index in [1.54, 1.807) is 21.3 Å². The first-order valence-electron chi connectivity index (χ1n) is 11.5. The molecule has 34 heavy (non-hydrogen) atoms. The fraction of sp³-hybridized carbons (Fsp3) is 0.321. The van der Waals surface area contributed by atoms with Gasteiger partial charge in [0.05, 0.1) is 33.3 Å². The van der Waals surface area contributed by atoms with E-state index in [0.717, 1.165) is 35.2 Å². The van der Waals surface area contributed by atoms with Gasteiger partial charge in [0.15, 0.2) is 11.5 Å². The molecule has 0 spiro atoms. The minimum atomic E-state index is -0.748. The first-order valence-corrected chi connectivity index (χ1v) is 11.5. The molecule has 3 aromatic carbocycles. The van der Waals surface area contributed by atoms with Crippen LogP contribution >= 0.6 is 0 Å². The average Bonchev–Trinajstić information content (AvgIpc) is 2.89. The maximum absolute atomic E-state index is 11.8. The van der Waals surface area contributed by atoms with Crippen LogP contribution in [0.2, 0.25) is 0 Å². The SMILES string of the molecule is COc1ccc(C(c2ccc(-c3ccccc3)cc2)N2CCCC(C(=O)O)C2)c(OC)c1OC. The van der Waals surface area contributed by atoms with Crippen molar-refractivity contribution < 1.29 is 24.1 Å². The van der Waals surface area contributed by atoms with Gasteiger partial charge < -0.3 is 19.3 Å². The van der Waals surface area contributed by atoms with Gasteiger partial charge in [0.25, 0.3) is 0 Å². The number of carbonyl (C=O) groups is 1. The summed E-state index contributed by atoms with van der Waals surface area (Å²) in [5.41, 5.74) is 4.26. The lowest BCUT2D eigenvalue weighted by atomic mass is 9.90. The summed E-state index contributed by atoms with van der Waals surface area (Å²) in [4.78, 5) is 14.1. The van der Waals surface area contributed by atoms with E-state index in [0.29, 0.717) is 30.2 Å². The van der Waals surface area contributed by atoms with E-state index >= 15 is 0 Å². The van der Waals surface area contributed by atoms with Crippen LogP contribution in [-0.2, 0) is 4.79 Å². The highest BCUT2D eigenvalue weighted by molar-refractivity contribution is 5.70. The standard InChI is InChI=1S/C28H31NO5/c1-32-24-16-15-23(26(33-2)27(24)34-3)25(29-17-7-10-22(18-29)28(30)31)21-13-11-20(12-14-21)19-8-5-4-6-9-19/h4-6,8-9,11-16,22,25H,7,10,17-18H2,1-3H3,(H,30,31). The van der Waals surface area contributed by atoms with Gasteiger partial charge in [-0.3, -0.25) is 9.69 Å². The van der Waals surface area contributed by atoms with Crippen LogP contribution in [0, 0.1) is 5.92 Å². The third-order valence-corrected chi connectivity index (χ3v) is 6.53. The largest absolute Gasteiger partial charge is 0.493 e. The van der Waals surface area contributed by atoms with Gasteiger partial charge >= 0.3 is 5.97 Å². The number of hydrogen-bond acceptors (Lipinski definition) is 5. The number of ether oxygens (including phenoxy) is 3. The Labute approximate surface area is 200 Å². The third-order valence-electron chi connectivity index (χ3n) is 6.53. The number of likely N-dealkylation sites (tertiary alicyclic amines) is 1. The summed E-state index contributed by atoms with van der Waals surface area (Å²) in [6.45, 7) is 1.27. The van der Waals surface area contributed by atoms with Crippen molar-refractivity contribution in [1.29, 1.82) is 0 Å². The van der Waals surface area contributed by atoms with E-state index < -0.39 is 11.9 Å². The Kier molecular flexibility index (Phi) is 7.38. The van der Waals surface area contributed by atoms with Crippen LogP contribution in [0.15, 0.2) is 66.7 Å². The van der Waals surface area contributed by atoms with E-state index in [4.69, 9.17) is 14.2 Å². The van der Waals surface area contributed by atoms with E-state index in [1.807, 2.05) is 30.3 Å². The van der Waals surface area contributed by atoms with E-state index in [2.05, 4.69) is 41.3 Å². The monoisotopic (exact) mass is 461 g/mol. The van der Waals surface area contributed by atoms with Crippen LogP contribution < -0.4 is 14.2 Å². The van der Waals surface area contributed by atoms with Crippen molar-refractivity contribution in [2.45, 2.75) is 18.9 Å². The van der Waals surface area contributed by atoms with Crippen LogP contribution in [0.5, 0.6) is 17.2 Å². The molecule has 1 fully saturated rings. The van der Waals surface area contributed by atoms with Gasteiger partial charge in [0, 0.05) is 12.1 Å². The highest BCUT2D eigenvalue weighted by Crippen LogP contribution is 2.46. The number of benzene rings is 3. The highest BCUT2D eigenvalue weighted by atomic mass is 16.5. The molecule has 2 atom stereocenters. The molecule has 178 valence electrons. The number of carboxylic acids is 1. The van der Waals surface area contributed by atoms with Crippen LogP contribution in [0.4, 0.5) is 0 Å². The normalized spacial score (nSPS) is 17.1. The zero-order chi connectivity index (χ0) is 24.1. The second kappa shape index (κ2) is 10.6. The molecule has 3 aromatic rings. The number of nitrogens with zero attached hydrogens (tertiary/aromatic N) is 1. The number of piperidine rings is 1. The van der Waals surface area contributed by atoms with E-state index in [-0.39, 0.29) is 6.04 Å². The Morgan fingerprint density at radius 1 is 0.882 bits per heavy atom. The maximum atomic E-state index is 11.8. The maximum Gasteiger partial charge on any atom is 0.307 e. The van der Waals surface area contributed by atoms with Gasteiger partial charge in [-0.1, -0.05) is 54.6 Å². The Morgan fingerprint density at radius 2 is 1.56 bits per heavy atom. The van der Waals surface area contributed by atoms with Gasteiger partial charge in [-0.2, -0.15) is 0 Å². The van der Waals surface area contributed by atoms with E-state index in [1.165, 1.54) is 0 Å². The first kappa shape index (κ1) is 23.6. The van der Waals surface area contributed by atoms with Crippen molar-refractivity contribution in [2.24, 2.45) is 5.92 Å². The molecule has 0 aromatic heterocycles.